The number of amides is 1. The number of hydrogen-bond donors (Lipinski definition) is 1. The van der Waals surface area contributed by atoms with Crippen LogP contribution in [-0.2, 0) is 20.9 Å². The van der Waals surface area contributed by atoms with E-state index in [1.807, 2.05) is 31.2 Å². The van der Waals surface area contributed by atoms with Crippen LogP contribution < -0.4 is 14.4 Å². The van der Waals surface area contributed by atoms with Crippen molar-refractivity contribution >= 4 is 39.9 Å². The number of Topliss-reactive ketones (excluding diaryl/α,β-unsaturated/α-hetero) is 1. The van der Waals surface area contributed by atoms with Gasteiger partial charge in [-0.05, 0) is 61.4 Å². The predicted molar refractivity (Wildman–Crippen MR) is 158 cm³/mol. The number of carbonyl (C=O) groups excluding carboxylic acids is 3. The van der Waals surface area contributed by atoms with Crippen LogP contribution >= 0.6 is 11.3 Å². The van der Waals surface area contributed by atoms with Gasteiger partial charge < -0.3 is 19.3 Å². The Morgan fingerprint density at radius 1 is 0.976 bits per heavy atom. The Morgan fingerprint density at radius 2 is 1.71 bits per heavy atom. The first-order chi connectivity index (χ1) is 20.2. The summed E-state index contributed by atoms with van der Waals surface area (Å²) in [6.07, 6.45) is 0. The van der Waals surface area contributed by atoms with E-state index in [0.717, 1.165) is 22.5 Å². The standard InChI is InChI=1S/C32H28N2O7S/c1-18-7-5-8-20(15-18)17-41-23-13-11-21(12-14-23)27(35)25-26(22-9-6-10-24(16-22)39-3)34(30(37)28(25)36)32-33-19(2)29(42-32)31(38)40-4/h5-16,26,35H,17H2,1-4H3. The first-order valence-corrected chi connectivity index (χ1v) is 13.8. The van der Waals surface area contributed by atoms with Crippen molar-refractivity contribution in [2.24, 2.45) is 0 Å². The molecule has 1 N–H and O–H groups in total. The summed E-state index contributed by atoms with van der Waals surface area (Å²) in [5.41, 5.74) is 3.24. The lowest BCUT2D eigenvalue weighted by atomic mass is 9.95. The van der Waals surface area contributed by atoms with Gasteiger partial charge in [-0.3, -0.25) is 14.5 Å². The Hall–Kier alpha value is -4.96. The second-order valence-corrected chi connectivity index (χ2v) is 10.6. The lowest BCUT2D eigenvalue weighted by Gasteiger charge is -2.23. The van der Waals surface area contributed by atoms with Gasteiger partial charge in [0.2, 0.25) is 0 Å². The Labute approximate surface area is 246 Å². The fourth-order valence-electron chi connectivity index (χ4n) is 4.76. The van der Waals surface area contributed by atoms with E-state index in [-0.39, 0.29) is 21.3 Å². The number of ketones is 1. The zero-order valence-corrected chi connectivity index (χ0v) is 24.2. The third-order valence-electron chi connectivity index (χ3n) is 6.83. The minimum absolute atomic E-state index is 0.117. The number of aliphatic hydroxyl groups excluding tert-OH is 1. The van der Waals surface area contributed by atoms with Gasteiger partial charge in [-0.2, -0.15) is 0 Å². The molecule has 2 heterocycles. The molecule has 0 spiro atoms. The minimum atomic E-state index is -1.03. The average Bonchev–Trinajstić information content (AvgIpc) is 3.51. The summed E-state index contributed by atoms with van der Waals surface area (Å²) in [5.74, 6) is -1.64. The Morgan fingerprint density at radius 3 is 2.40 bits per heavy atom. The zero-order chi connectivity index (χ0) is 30.0. The number of benzene rings is 3. The van der Waals surface area contributed by atoms with Gasteiger partial charge >= 0.3 is 11.9 Å². The summed E-state index contributed by atoms with van der Waals surface area (Å²) in [6, 6.07) is 20.4. The van der Waals surface area contributed by atoms with E-state index < -0.39 is 23.7 Å². The molecule has 1 fully saturated rings. The van der Waals surface area contributed by atoms with Crippen LogP contribution in [0.4, 0.5) is 5.13 Å². The lowest BCUT2D eigenvalue weighted by Crippen LogP contribution is -2.29. The molecule has 1 aromatic heterocycles. The number of methoxy groups -OCH3 is 2. The van der Waals surface area contributed by atoms with Crippen LogP contribution in [0.15, 0.2) is 78.4 Å². The highest BCUT2D eigenvalue weighted by Crippen LogP contribution is 2.44. The number of rotatable bonds is 8. The van der Waals surface area contributed by atoms with Gasteiger partial charge in [-0.25, -0.2) is 9.78 Å². The SMILES string of the molecule is COC(=O)c1sc(N2C(=O)C(=O)C(=C(O)c3ccc(OCc4cccc(C)c4)cc3)C2c2cccc(OC)c2)nc1C. The third-order valence-corrected chi connectivity index (χ3v) is 7.97. The second kappa shape index (κ2) is 11.9. The maximum absolute atomic E-state index is 13.5. The van der Waals surface area contributed by atoms with Crippen LogP contribution in [0.1, 0.15) is 43.7 Å². The summed E-state index contributed by atoms with van der Waals surface area (Å²) in [6.45, 7) is 4.00. The number of nitrogens with zero attached hydrogens (tertiary/aromatic N) is 2. The molecule has 0 bridgehead atoms. The van der Waals surface area contributed by atoms with Crippen LogP contribution in [0.3, 0.4) is 0 Å². The van der Waals surface area contributed by atoms with Crippen molar-refractivity contribution in [3.63, 3.8) is 0 Å². The van der Waals surface area contributed by atoms with Gasteiger partial charge in [0.05, 0.1) is 31.5 Å². The molecule has 9 nitrogen and oxygen atoms in total. The van der Waals surface area contributed by atoms with Crippen LogP contribution in [0.5, 0.6) is 11.5 Å². The van der Waals surface area contributed by atoms with Crippen LogP contribution in [-0.4, -0.2) is 42.0 Å². The van der Waals surface area contributed by atoms with E-state index in [2.05, 4.69) is 4.98 Å². The molecule has 4 aromatic rings. The molecule has 5 rings (SSSR count). The zero-order valence-electron chi connectivity index (χ0n) is 23.4. The van der Waals surface area contributed by atoms with E-state index in [0.29, 0.717) is 34.9 Å². The molecule has 3 aromatic carbocycles. The highest BCUT2D eigenvalue weighted by Gasteiger charge is 2.48. The highest BCUT2D eigenvalue weighted by molar-refractivity contribution is 7.17. The van der Waals surface area contributed by atoms with Crippen molar-refractivity contribution in [2.75, 3.05) is 19.1 Å². The van der Waals surface area contributed by atoms with E-state index in [9.17, 15) is 19.5 Å². The number of aromatic nitrogens is 1. The Bertz CT molecular complexity index is 1710. The summed E-state index contributed by atoms with van der Waals surface area (Å²) < 4.78 is 16.1. The summed E-state index contributed by atoms with van der Waals surface area (Å²) >= 11 is 0.935. The number of esters is 1. The summed E-state index contributed by atoms with van der Waals surface area (Å²) in [7, 11) is 2.76. The van der Waals surface area contributed by atoms with Gasteiger partial charge in [-0.15, -0.1) is 0 Å². The molecular formula is C32H28N2O7S. The van der Waals surface area contributed by atoms with Gasteiger partial charge in [0.15, 0.2) is 5.13 Å². The molecule has 0 aliphatic carbocycles. The van der Waals surface area contributed by atoms with E-state index >= 15 is 0 Å². The third kappa shape index (κ3) is 5.48. The molecule has 1 amide bonds. The fraction of sp³-hybridized carbons (Fsp3) is 0.188. The highest BCUT2D eigenvalue weighted by atomic mass is 32.1. The molecule has 214 valence electrons. The fourth-order valence-corrected chi connectivity index (χ4v) is 5.77. The molecule has 1 unspecified atom stereocenters. The number of aliphatic hydroxyl groups is 1. The maximum atomic E-state index is 13.5. The minimum Gasteiger partial charge on any atom is -0.507 e. The van der Waals surface area contributed by atoms with Crippen molar-refractivity contribution in [1.29, 1.82) is 0 Å². The number of carbonyl (C=O) groups is 3. The largest absolute Gasteiger partial charge is 0.507 e. The molecule has 1 aliphatic rings. The predicted octanol–water partition coefficient (Wildman–Crippen LogP) is 5.76. The van der Waals surface area contributed by atoms with Crippen LogP contribution in [0.2, 0.25) is 0 Å². The quantitative estimate of drug-likeness (QED) is 0.120. The van der Waals surface area contributed by atoms with Crippen LogP contribution in [0.25, 0.3) is 5.76 Å². The topological polar surface area (TPSA) is 115 Å². The molecule has 42 heavy (non-hydrogen) atoms. The Balaban J connectivity index is 1.54. The molecule has 0 radical (unpaired) electrons. The molecule has 1 aliphatic heterocycles. The van der Waals surface area contributed by atoms with Crippen molar-refractivity contribution < 1.29 is 33.7 Å². The average molecular weight is 585 g/mol. The maximum Gasteiger partial charge on any atom is 0.350 e. The lowest BCUT2D eigenvalue weighted by molar-refractivity contribution is -0.132. The van der Waals surface area contributed by atoms with Crippen molar-refractivity contribution in [3.05, 3.63) is 111 Å². The second-order valence-electron chi connectivity index (χ2n) is 9.65. The number of ether oxygens (including phenoxy) is 3. The van der Waals surface area contributed by atoms with Crippen molar-refractivity contribution in [3.8, 4) is 11.5 Å². The Kier molecular flexibility index (Phi) is 8.08. The normalized spacial score (nSPS) is 16.0. The first-order valence-electron chi connectivity index (χ1n) is 13.0. The molecule has 1 saturated heterocycles. The first kappa shape index (κ1) is 28.6. The van der Waals surface area contributed by atoms with Gasteiger partial charge in [0.25, 0.3) is 5.78 Å². The van der Waals surface area contributed by atoms with Crippen LogP contribution in [0, 0.1) is 13.8 Å². The van der Waals surface area contributed by atoms with Gasteiger partial charge in [0.1, 0.15) is 28.7 Å². The van der Waals surface area contributed by atoms with E-state index in [1.54, 1.807) is 55.5 Å². The van der Waals surface area contributed by atoms with E-state index in [4.69, 9.17) is 14.2 Å². The van der Waals surface area contributed by atoms with Gasteiger partial charge in [-0.1, -0.05) is 53.3 Å². The molecular weight excluding hydrogens is 556 g/mol. The van der Waals surface area contributed by atoms with Crippen molar-refractivity contribution in [1.82, 2.24) is 4.98 Å². The van der Waals surface area contributed by atoms with Crippen molar-refractivity contribution in [2.45, 2.75) is 26.5 Å². The number of anilines is 1. The molecule has 10 heteroatoms. The number of hydrogen-bond acceptors (Lipinski definition) is 9. The summed E-state index contributed by atoms with van der Waals surface area (Å²) in [4.78, 5) is 45.1. The molecule has 1 atom stereocenters. The summed E-state index contributed by atoms with van der Waals surface area (Å²) in [5, 5.41) is 11.6. The number of thiazole rings is 1. The van der Waals surface area contributed by atoms with Gasteiger partial charge in [0, 0.05) is 5.56 Å². The smallest absolute Gasteiger partial charge is 0.350 e. The molecule has 0 saturated carbocycles. The van der Waals surface area contributed by atoms with E-state index in [1.165, 1.54) is 19.1 Å². The number of aryl methyl sites for hydroxylation is 2. The monoisotopic (exact) mass is 584 g/mol.